The average molecular weight is 328 g/mol. The molecular weight excluding hydrogens is 301 g/mol. The maximum atomic E-state index is 6.36. The average Bonchev–Trinajstić information content (AvgIpc) is 2.41. The van der Waals surface area contributed by atoms with E-state index in [1.165, 1.54) is 24.8 Å². The molecule has 0 aliphatic heterocycles. The molecular formula is C18H27Cl2N. The number of hydrogen-bond donors (Lipinski definition) is 1. The zero-order chi connectivity index (χ0) is 15.6. The van der Waals surface area contributed by atoms with E-state index in [1.807, 2.05) is 12.1 Å². The second-order valence-corrected chi connectivity index (χ2v) is 8.31. The summed E-state index contributed by atoms with van der Waals surface area (Å²) in [5, 5.41) is 5.02. The smallest absolute Gasteiger partial charge is 0.0452 e. The van der Waals surface area contributed by atoms with E-state index in [0.717, 1.165) is 17.4 Å². The van der Waals surface area contributed by atoms with Gasteiger partial charge < -0.3 is 5.32 Å². The molecule has 21 heavy (non-hydrogen) atoms. The Hall–Kier alpha value is -0.240. The fourth-order valence-electron chi connectivity index (χ4n) is 3.63. The van der Waals surface area contributed by atoms with Crippen molar-refractivity contribution in [1.29, 1.82) is 0 Å². The predicted molar refractivity (Wildman–Crippen MR) is 93.3 cm³/mol. The predicted octanol–water partition coefficient (Wildman–Crippen LogP) is 5.59. The molecule has 0 spiro atoms. The van der Waals surface area contributed by atoms with Gasteiger partial charge in [0.2, 0.25) is 0 Å². The van der Waals surface area contributed by atoms with Crippen LogP contribution >= 0.6 is 23.2 Å². The first-order chi connectivity index (χ1) is 9.81. The van der Waals surface area contributed by atoms with Crippen molar-refractivity contribution in [2.75, 3.05) is 7.05 Å². The maximum Gasteiger partial charge on any atom is 0.0452 e. The molecule has 0 bridgehead atoms. The summed E-state index contributed by atoms with van der Waals surface area (Å²) in [4.78, 5) is 0. The summed E-state index contributed by atoms with van der Waals surface area (Å²) in [6, 6.07) is 6.48. The molecule has 1 aliphatic rings. The van der Waals surface area contributed by atoms with E-state index in [4.69, 9.17) is 23.2 Å². The Labute approximate surface area is 139 Å². The van der Waals surface area contributed by atoms with Crippen molar-refractivity contribution in [3.63, 3.8) is 0 Å². The van der Waals surface area contributed by atoms with Crippen LogP contribution < -0.4 is 5.32 Å². The molecule has 1 aromatic carbocycles. The summed E-state index contributed by atoms with van der Waals surface area (Å²) in [6.45, 7) is 7.09. The van der Waals surface area contributed by atoms with E-state index in [9.17, 15) is 0 Å². The highest BCUT2D eigenvalue weighted by Gasteiger charge is 2.35. The Bertz CT molecular complexity index is 479. The fourth-order valence-corrected chi connectivity index (χ4v) is 4.11. The molecule has 1 aromatic rings. The van der Waals surface area contributed by atoms with Gasteiger partial charge in [0.15, 0.2) is 0 Å². The number of halogens is 2. The quantitative estimate of drug-likeness (QED) is 0.763. The molecule has 0 aromatic heterocycles. The number of rotatable bonds is 3. The molecule has 1 N–H and O–H groups in total. The van der Waals surface area contributed by atoms with E-state index in [1.54, 1.807) is 0 Å². The normalized spacial score (nSPS) is 26.9. The van der Waals surface area contributed by atoms with Crippen LogP contribution in [0.4, 0.5) is 0 Å². The molecule has 3 heteroatoms. The lowest BCUT2D eigenvalue weighted by molar-refractivity contribution is 0.117. The van der Waals surface area contributed by atoms with Crippen LogP contribution in [0, 0.1) is 17.3 Å². The van der Waals surface area contributed by atoms with E-state index < -0.39 is 0 Å². The summed E-state index contributed by atoms with van der Waals surface area (Å²) < 4.78 is 0. The Balaban J connectivity index is 2.14. The zero-order valence-corrected chi connectivity index (χ0v) is 15.1. The third-order valence-corrected chi connectivity index (χ3v) is 5.66. The van der Waals surface area contributed by atoms with Crippen LogP contribution in [-0.2, 0) is 6.42 Å². The van der Waals surface area contributed by atoms with Gasteiger partial charge >= 0.3 is 0 Å². The number of benzene rings is 1. The summed E-state index contributed by atoms with van der Waals surface area (Å²) in [7, 11) is 2.08. The minimum absolute atomic E-state index is 0.390. The van der Waals surface area contributed by atoms with Crippen molar-refractivity contribution in [2.24, 2.45) is 17.3 Å². The molecule has 0 saturated heterocycles. The Morgan fingerprint density at radius 1 is 1.19 bits per heavy atom. The molecule has 1 nitrogen and oxygen atoms in total. The van der Waals surface area contributed by atoms with Gasteiger partial charge in [-0.05, 0) is 67.7 Å². The lowest BCUT2D eigenvalue weighted by Gasteiger charge is -2.42. The van der Waals surface area contributed by atoms with Crippen molar-refractivity contribution < 1.29 is 0 Å². The SMILES string of the molecule is CNC1CCC(C(C)(C)C)CC1Cc1ccc(Cl)cc1Cl. The van der Waals surface area contributed by atoms with Gasteiger partial charge in [-0.1, -0.05) is 50.0 Å². The van der Waals surface area contributed by atoms with Gasteiger partial charge in [-0.25, -0.2) is 0 Å². The monoisotopic (exact) mass is 327 g/mol. The standard InChI is InChI=1S/C18H27Cl2N/c1-18(2,3)14-6-8-17(21-4)13(10-14)9-12-5-7-15(19)11-16(12)20/h5,7,11,13-14,17,21H,6,8-10H2,1-4H3. The highest BCUT2D eigenvalue weighted by atomic mass is 35.5. The molecule has 3 unspecified atom stereocenters. The summed E-state index contributed by atoms with van der Waals surface area (Å²) in [5.41, 5.74) is 1.61. The van der Waals surface area contributed by atoms with Crippen LogP contribution in [0.15, 0.2) is 18.2 Å². The first-order valence-electron chi connectivity index (χ1n) is 7.92. The molecule has 1 aliphatic carbocycles. The van der Waals surface area contributed by atoms with Gasteiger partial charge in [-0.3, -0.25) is 0 Å². The van der Waals surface area contributed by atoms with Crippen molar-refractivity contribution in [2.45, 2.75) is 52.5 Å². The lowest BCUT2D eigenvalue weighted by atomic mass is 9.66. The van der Waals surface area contributed by atoms with Crippen LogP contribution in [-0.4, -0.2) is 13.1 Å². The molecule has 1 fully saturated rings. The Kier molecular flexibility index (Phi) is 5.62. The minimum atomic E-state index is 0.390. The zero-order valence-electron chi connectivity index (χ0n) is 13.5. The highest BCUT2D eigenvalue weighted by molar-refractivity contribution is 6.35. The molecule has 0 amide bonds. The van der Waals surface area contributed by atoms with Crippen molar-refractivity contribution in [3.05, 3.63) is 33.8 Å². The van der Waals surface area contributed by atoms with E-state index in [2.05, 4.69) is 39.2 Å². The largest absolute Gasteiger partial charge is 0.317 e. The van der Waals surface area contributed by atoms with E-state index in [-0.39, 0.29) is 0 Å². The van der Waals surface area contributed by atoms with Crippen molar-refractivity contribution in [3.8, 4) is 0 Å². The second-order valence-electron chi connectivity index (χ2n) is 7.47. The Morgan fingerprint density at radius 2 is 1.90 bits per heavy atom. The molecule has 1 saturated carbocycles. The summed E-state index contributed by atoms with van der Waals surface area (Å²) in [5.74, 6) is 1.44. The summed E-state index contributed by atoms with van der Waals surface area (Å²) >= 11 is 12.4. The number of hydrogen-bond acceptors (Lipinski definition) is 1. The fraction of sp³-hybridized carbons (Fsp3) is 0.667. The molecule has 2 rings (SSSR count). The van der Waals surface area contributed by atoms with Crippen LogP contribution in [0.25, 0.3) is 0 Å². The van der Waals surface area contributed by atoms with Gasteiger partial charge in [-0.2, -0.15) is 0 Å². The summed E-state index contributed by atoms with van der Waals surface area (Å²) in [6.07, 6.45) is 4.89. The van der Waals surface area contributed by atoms with Crippen LogP contribution in [0.3, 0.4) is 0 Å². The van der Waals surface area contributed by atoms with Gasteiger partial charge in [-0.15, -0.1) is 0 Å². The van der Waals surface area contributed by atoms with Gasteiger partial charge in [0.05, 0.1) is 0 Å². The molecule has 3 atom stereocenters. The van der Waals surface area contributed by atoms with E-state index in [0.29, 0.717) is 22.4 Å². The molecule has 0 radical (unpaired) electrons. The topological polar surface area (TPSA) is 12.0 Å². The first-order valence-corrected chi connectivity index (χ1v) is 8.68. The lowest BCUT2D eigenvalue weighted by Crippen LogP contribution is -2.42. The van der Waals surface area contributed by atoms with Gasteiger partial charge in [0, 0.05) is 16.1 Å². The number of nitrogens with one attached hydrogen (secondary N) is 1. The molecule has 118 valence electrons. The van der Waals surface area contributed by atoms with E-state index >= 15 is 0 Å². The second kappa shape index (κ2) is 6.89. The third-order valence-electron chi connectivity index (χ3n) is 5.08. The van der Waals surface area contributed by atoms with Crippen LogP contribution in [0.1, 0.15) is 45.6 Å². The highest BCUT2D eigenvalue weighted by Crippen LogP contribution is 2.41. The van der Waals surface area contributed by atoms with Crippen molar-refractivity contribution in [1.82, 2.24) is 5.32 Å². The third kappa shape index (κ3) is 4.37. The Morgan fingerprint density at radius 3 is 2.48 bits per heavy atom. The van der Waals surface area contributed by atoms with Crippen LogP contribution in [0.5, 0.6) is 0 Å². The van der Waals surface area contributed by atoms with Gasteiger partial charge in [0.25, 0.3) is 0 Å². The maximum absolute atomic E-state index is 6.36. The van der Waals surface area contributed by atoms with Crippen molar-refractivity contribution >= 4 is 23.2 Å². The van der Waals surface area contributed by atoms with Gasteiger partial charge in [0.1, 0.15) is 0 Å². The minimum Gasteiger partial charge on any atom is -0.317 e. The first kappa shape index (κ1) is 17.1. The van der Waals surface area contributed by atoms with Crippen LogP contribution in [0.2, 0.25) is 10.0 Å². The molecule has 0 heterocycles.